The summed E-state index contributed by atoms with van der Waals surface area (Å²) in [6, 6.07) is 5.81. The molecular weight excluding hydrogens is 272 g/mol. The van der Waals surface area contributed by atoms with Crippen molar-refractivity contribution in [3.05, 3.63) is 47.0 Å². The lowest BCUT2D eigenvalue weighted by molar-refractivity contribution is 0.0441. The number of aromatic carboxylic acids is 1. The maximum absolute atomic E-state index is 11.2. The first-order chi connectivity index (χ1) is 10.5. The van der Waals surface area contributed by atoms with Crippen LogP contribution in [-0.4, -0.2) is 11.1 Å². The number of carboxylic acids is 1. The van der Waals surface area contributed by atoms with E-state index < -0.39 is 5.97 Å². The average molecular weight is 296 g/mol. The first kappa shape index (κ1) is 14.0. The molecule has 0 aromatic heterocycles. The van der Waals surface area contributed by atoms with Crippen LogP contribution >= 0.6 is 0 Å². The highest BCUT2D eigenvalue weighted by atomic mass is 16.4. The van der Waals surface area contributed by atoms with Crippen LogP contribution in [0.3, 0.4) is 0 Å². The highest BCUT2D eigenvalue weighted by Gasteiger charge is 2.52. The highest BCUT2D eigenvalue weighted by molar-refractivity contribution is 5.88. The molecule has 3 aliphatic carbocycles. The van der Waals surface area contributed by atoms with Gasteiger partial charge in [-0.15, -0.1) is 0 Å². The van der Waals surface area contributed by atoms with E-state index in [1.54, 1.807) is 6.07 Å². The van der Waals surface area contributed by atoms with Crippen molar-refractivity contribution in [2.75, 3.05) is 0 Å². The minimum absolute atomic E-state index is 0.375. The normalized spacial score (nSPS) is 36.4. The Balaban J connectivity index is 1.74. The van der Waals surface area contributed by atoms with E-state index in [2.05, 4.69) is 19.6 Å². The lowest BCUT2D eigenvalue weighted by atomic mass is 9.52. The Morgan fingerprint density at radius 2 is 2.09 bits per heavy atom. The molecule has 116 valence electrons. The van der Waals surface area contributed by atoms with Gasteiger partial charge in [0.05, 0.1) is 5.56 Å². The SMILES string of the molecule is C=C1CC[C@@H]2C1CC[C@@H]1c3ccc(C(=O)O)cc3CCC12C. The summed E-state index contributed by atoms with van der Waals surface area (Å²) in [7, 11) is 0. The highest BCUT2D eigenvalue weighted by Crippen LogP contribution is 2.63. The molecule has 0 saturated heterocycles. The van der Waals surface area contributed by atoms with E-state index in [4.69, 9.17) is 0 Å². The van der Waals surface area contributed by atoms with E-state index in [1.807, 2.05) is 6.07 Å². The monoisotopic (exact) mass is 296 g/mol. The number of benzene rings is 1. The first-order valence-electron chi connectivity index (χ1n) is 8.54. The predicted octanol–water partition coefficient (Wildman–Crippen LogP) is 4.80. The lowest BCUT2D eigenvalue weighted by Gasteiger charge is -2.52. The molecule has 0 amide bonds. The summed E-state index contributed by atoms with van der Waals surface area (Å²) < 4.78 is 0. The summed E-state index contributed by atoms with van der Waals surface area (Å²) in [6.45, 7) is 6.80. The second-order valence-electron chi connectivity index (χ2n) is 7.76. The van der Waals surface area contributed by atoms with Gasteiger partial charge < -0.3 is 5.11 Å². The second kappa shape index (κ2) is 4.71. The van der Waals surface area contributed by atoms with Gasteiger partial charge >= 0.3 is 5.97 Å². The lowest BCUT2D eigenvalue weighted by Crippen LogP contribution is -2.43. The summed E-state index contributed by atoms with van der Waals surface area (Å²) in [4.78, 5) is 11.2. The van der Waals surface area contributed by atoms with Crippen LogP contribution in [0.1, 0.15) is 66.4 Å². The van der Waals surface area contributed by atoms with E-state index >= 15 is 0 Å². The van der Waals surface area contributed by atoms with Crippen LogP contribution in [0.15, 0.2) is 30.4 Å². The molecule has 4 rings (SSSR count). The summed E-state index contributed by atoms with van der Waals surface area (Å²) in [6.07, 6.45) is 7.24. The molecule has 22 heavy (non-hydrogen) atoms. The Bertz CT molecular complexity index is 660. The Morgan fingerprint density at radius 3 is 2.86 bits per heavy atom. The van der Waals surface area contributed by atoms with E-state index in [1.165, 1.54) is 48.8 Å². The zero-order valence-corrected chi connectivity index (χ0v) is 13.3. The number of hydrogen-bond acceptors (Lipinski definition) is 1. The molecule has 0 heterocycles. The average Bonchev–Trinajstić information content (AvgIpc) is 2.89. The van der Waals surface area contributed by atoms with E-state index in [0.717, 1.165) is 18.3 Å². The first-order valence-corrected chi connectivity index (χ1v) is 8.54. The van der Waals surface area contributed by atoms with Crippen molar-refractivity contribution in [3.63, 3.8) is 0 Å². The molecule has 2 fully saturated rings. The molecule has 1 aromatic carbocycles. The molecule has 2 heteroatoms. The van der Waals surface area contributed by atoms with Crippen LogP contribution in [0, 0.1) is 17.3 Å². The van der Waals surface area contributed by atoms with Gasteiger partial charge in [0.1, 0.15) is 0 Å². The Morgan fingerprint density at radius 1 is 1.27 bits per heavy atom. The van der Waals surface area contributed by atoms with Gasteiger partial charge in [0.25, 0.3) is 0 Å². The van der Waals surface area contributed by atoms with Crippen LogP contribution in [0.2, 0.25) is 0 Å². The van der Waals surface area contributed by atoms with Crippen molar-refractivity contribution < 1.29 is 9.90 Å². The quantitative estimate of drug-likeness (QED) is 0.756. The zero-order valence-electron chi connectivity index (χ0n) is 13.3. The van der Waals surface area contributed by atoms with Crippen molar-refractivity contribution in [2.24, 2.45) is 17.3 Å². The van der Waals surface area contributed by atoms with Gasteiger partial charge in [-0.05, 0) is 85.0 Å². The molecule has 2 saturated carbocycles. The Kier molecular flexibility index (Phi) is 3.01. The summed E-state index contributed by atoms with van der Waals surface area (Å²) in [5.74, 6) is 1.31. The van der Waals surface area contributed by atoms with Crippen LogP contribution in [0.5, 0.6) is 0 Å². The molecule has 4 atom stereocenters. The number of fused-ring (bicyclic) bond motifs is 5. The Labute approximate surface area is 132 Å². The standard InChI is InChI=1S/C20H24O2/c1-12-3-7-17-15(12)6-8-18-16-5-4-14(19(21)22)11-13(16)9-10-20(17,18)2/h4-5,11,15,17-18H,1,3,6-10H2,2H3,(H,21,22)/t15?,17-,18-,20?/m1/s1. The van der Waals surface area contributed by atoms with E-state index in [0.29, 0.717) is 16.9 Å². The van der Waals surface area contributed by atoms with E-state index in [-0.39, 0.29) is 0 Å². The zero-order chi connectivity index (χ0) is 15.5. The van der Waals surface area contributed by atoms with Crippen LogP contribution < -0.4 is 0 Å². The molecule has 0 radical (unpaired) electrons. The van der Waals surface area contributed by atoms with Crippen molar-refractivity contribution in [1.82, 2.24) is 0 Å². The molecule has 1 aromatic rings. The molecule has 0 bridgehead atoms. The number of carbonyl (C=O) groups is 1. The van der Waals surface area contributed by atoms with Gasteiger partial charge in [-0.1, -0.05) is 25.1 Å². The maximum atomic E-state index is 11.2. The van der Waals surface area contributed by atoms with Crippen molar-refractivity contribution in [2.45, 2.75) is 51.4 Å². The van der Waals surface area contributed by atoms with Gasteiger partial charge in [0.15, 0.2) is 0 Å². The third-order valence-electron chi connectivity index (χ3n) is 6.89. The second-order valence-corrected chi connectivity index (χ2v) is 7.76. The number of aryl methyl sites for hydroxylation is 1. The fraction of sp³-hybridized carbons (Fsp3) is 0.550. The van der Waals surface area contributed by atoms with E-state index in [9.17, 15) is 9.90 Å². The van der Waals surface area contributed by atoms with Gasteiger partial charge in [0.2, 0.25) is 0 Å². The topological polar surface area (TPSA) is 37.3 Å². The smallest absolute Gasteiger partial charge is 0.335 e. The summed E-state index contributed by atoms with van der Waals surface area (Å²) >= 11 is 0. The van der Waals surface area contributed by atoms with Gasteiger partial charge in [0, 0.05) is 0 Å². The third kappa shape index (κ3) is 1.82. The van der Waals surface area contributed by atoms with Gasteiger partial charge in [-0.3, -0.25) is 0 Å². The number of rotatable bonds is 1. The van der Waals surface area contributed by atoms with Crippen LogP contribution in [0.25, 0.3) is 0 Å². The molecular formula is C20H24O2. The molecule has 2 unspecified atom stereocenters. The fourth-order valence-electron chi connectivity index (χ4n) is 5.71. The fourth-order valence-corrected chi connectivity index (χ4v) is 5.71. The van der Waals surface area contributed by atoms with Crippen molar-refractivity contribution in [3.8, 4) is 0 Å². The predicted molar refractivity (Wildman–Crippen MR) is 87.2 cm³/mol. The number of carboxylic acid groups (broad SMARTS) is 1. The number of hydrogen-bond donors (Lipinski definition) is 1. The Hall–Kier alpha value is -1.57. The minimum Gasteiger partial charge on any atom is -0.478 e. The van der Waals surface area contributed by atoms with Crippen molar-refractivity contribution >= 4 is 5.97 Å². The van der Waals surface area contributed by atoms with Gasteiger partial charge in [-0.25, -0.2) is 4.79 Å². The maximum Gasteiger partial charge on any atom is 0.335 e. The molecule has 1 N–H and O–H groups in total. The summed E-state index contributed by atoms with van der Waals surface area (Å²) in [5.41, 5.74) is 4.99. The largest absolute Gasteiger partial charge is 0.478 e. The molecule has 0 spiro atoms. The molecule has 3 aliphatic rings. The van der Waals surface area contributed by atoms with Gasteiger partial charge in [-0.2, -0.15) is 0 Å². The minimum atomic E-state index is -0.813. The summed E-state index contributed by atoms with van der Waals surface area (Å²) in [5, 5.41) is 9.21. The van der Waals surface area contributed by atoms with Crippen molar-refractivity contribution in [1.29, 1.82) is 0 Å². The van der Waals surface area contributed by atoms with Crippen LogP contribution in [-0.2, 0) is 6.42 Å². The molecule has 0 aliphatic heterocycles. The van der Waals surface area contributed by atoms with Crippen LogP contribution in [0.4, 0.5) is 0 Å². The number of allylic oxidation sites excluding steroid dienone is 1. The third-order valence-corrected chi connectivity index (χ3v) is 6.89. The molecule has 2 nitrogen and oxygen atoms in total.